The summed E-state index contributed by atoms with van der Waals surface area (Å²) in [7, 11) is -9.92. The first-order valence-corrected chi connectivity index (χ1v) is 41.7. The van der Waals surface area contributed by atoms with E-state index in [-0.39, 0.29) is 25.7 Å². The molecule has 560 valence electrons. The van der Waals surface area contributed by atoms with Crippen molar-refractivity contribution in [2.75, 3.05) is 39.6 Å². The van der Waals surface area contributed by atoms with E-state index in [0.717, 1.165) is 127 Å². The van der Waals surface area contributed by atoms with Crippen LogP contribution in [0, 0.1) is 17.8 Å². The molecule has 0 aromatic rings. The molecule has 95 heavy (non-hydrogen) atoms. The summed E-state index contributed by atoms with van der Waals surface area (Å²) in [5.41, 5.74) is 0. The molecule has 0 spiro atoms. The van der Waals surface area contributed by atoms with Crippen LogP contribution < -0.4 is 0 Å². The van der Waals surface area contributed by atoms with E-state index in [0.29, 0.717) is 25.7 Å². The van der Waals surface area contributed by atoms with Crippen LogP contribution in [-0.2, 0) is 65.4 Å². The summed E-state index contributed by atoms with van der Waals surface area (Å²) >= 11 is 0. The minimum Gasteiger partial charge on any atom is -0.462 e. The predicted molar refractivity (Wildman–Crippen MR) is 386 cm³/mol. The molecule has 2 unspecified atom stereocenters. The highest BCUT2D eigenvalue weighted by Gasteiger charge is 2.30. The summed E-state index contributed by atoms with van der Waals surface area (Å²) in [6, 6.07) is 0. The number of hydrogen-bond acceptors (Lipinski definition) is 15. The molecule has 0 aromatic heterocycles. The molecule has 0 bridgehead atoms. The highest BCUT2D eigenvalue weighted by atomic mass is 31.2. The molecule has 0 radical (unpaired) electrons. The van der Waals surface area contributed by atoms with Crippen molar-refractivity contribution in [2.24, 2.45) is 17.8 Å². The Balaban J connectivity index is 5.30. The number of hydrogen-bond donors (Lipinski definition) is 3. The van der Waals surface area contributed by atoms with E-state index in [1.165, 1.54) is 154 Å². The number of allylic oxidation sites excluding steroid dienone is 4. The lowest BCUT2D eigenvalue weighted by molar-refractivity contribution is -0.161. The van der Waals surface area contributed by atoms with E-state index < -0.39 is 97.5 Å². The number of aliphatic hydroxyl groups is 1. The quantitative estimate of drug-likeness (QED) is 0.0169. The predicted octanol–water partition coefficient (Wildman–Crippen LogP) is 21.7. The van der Waals surface area contributed by atoms with Crippen molar-refractivity contribution in [1.82, 2.24) is 0 Å². The Morgan fingerprint density at radius 1 is 0.326 bits per heavy atom. The van der Waals surface area contributed by atoms with E-state index in [2.05, 4.69) is 72.8 Å². The van der Waals surface area contributed by atoms with Crippen LogP contribution in [0.2, 0.25) is 0 Å². The number of carbonyl (C=O) groups excluding carboxylic acids is 4. The van der Waals surface area contributed by atoms with Gasteiger partial charge in [0, 0.05) is 25.7 Å². The smallest absolute Gasteiger partial charge is 0.462 e. The molecule has 5 atom stereocenters. The average molecular weight is 1390 g/mol. The molecule has 0 amide bonds. The Kier molecular flexibility index (Phi) is 64.4. The van der Waals surface area contributed by atoms with Crippen molar-refractivity contribution in [1.29, 1.82) is 0 Å². The third-order valence-electron chi connectivity index (χ3n) is 17.0. The van der Waals surface area contributed by atoms with Gasteiger partial charge in [-0.25, -0.2) is 9.13 Å². The Hall–Kier alpha value is -2.46. The van der Waals surface area contributed by atoms with Gasteiger partial charge in [0.15, 0.2) is 12.2 Å². The number of carbonyl (C=O) groups is 4. The van der Waals surface area contributed by atoms with Crippen LogP contribution in [0.4, 0.5) is 0 Å². The molecule has 0 aromatic carbocycles. The summed E-state index contributed by atoms with van der Waals surface area (Å²) in [4.78, 5) is 72.8. The van der Waals surface area contributed by atoms with Crippen molar-refractivity contribution < 1.29 is 80.2 Å². The topological polar surface area (TPSA) is 237 Å². The fourth-order valence-corrected chi connectivity index (χ4v) is 12.6. The minimum atomic E-state index is -4.97. The largest absolute Gasteiger partial charge is 0.472 e. The van der Waals surface area contributed by atoms with Crippen LogP contribution in [-0.4, -0.2) is 96.7 Å². The summed E-state index contributed by atoms with van der Waals surface area (Å²) < 4.78 is 68.5. The number of ether oxygens (including phenoxy) is 4. The van der Waals surface area contributed by atoms with Crippen LogP contribution >= 0.6 is 15.6 Å². The lowest BCUT2D eigenvalue weighted by Crippen LogP contribution is -2.30. The third-order valence-corrected chi connectivity index (χ3v) is 18.9. The molecule has 19 heteroatoms. The zero-order valence-corrected chi connectivity index (χ0v) is 63.4. The number of rotatable bonds is 72. The van der Waals surface area contributed by atoms with Crippen LogP contribution in [0.1, 0.15) is 363 Å². The lowest BCUT2D eigenvalue weighted by atomic mass is 10.0. The second-order valence-corrected chi connectivity index (χ2v) is 31.0. The molecule has 0 fully saturated rings. The third kappa shape index (κ3) is 69.8. The monoisotopic (exact) mass is 1390 g/mol. The number of unbranched alkanes of at least 4 members (excludes halogenated alkanes) is 37. The lowest BCUT2D eigenvalue weighted by Gasteiger charge is -2.21. The summed E-state index contributed by atoms with van der Waals surface area (Å²) in [6.45, 7) is 11.8. The van der Waals surface area contributed by atoms with Crippen molar-refractivity contribution in [2.45, 2.75) is 381 Å². The molecule has 17 nitrogen and oxygen atoms in total. The summed E-state index contributed by atoms with van der Waals surface area (Å²) in [5, 5.41) is 10.6. The Bertz CT molecular complexity index is 1950. The van der Waals surface area contributed by atoms with Crippen molar-refractivity contribution in [3.8, 4) is 0 Å². The van der Waals surface area contributed by atoms with E-state index in [9.17, 15) is 43.2 Å². The number of esters is 4. The number of phosphoric acid groups is 2. The molecule has 0 aliphatic rings. The van der Waals surface area contributed by atoms with E-state index in [4.69, 9.17) is 37.0 Å². The maximum atomic E-state index is 13.1. The molecule has 0 aliphatic carbocycles. The van der Waals surface area contributed by atoms with Gasteiger partial charge in [0.2, 0.25) is 0 Å². The minimum absolute atomic E-state index is 0.0999. The van der Waals surface area contributed by atoms with Crippen LogP contribution in [0.25, 0.3) is 0 Å². The van der Waals surface area contributed by atoms with E-state index in [1.54, 1.807) is 0 Å². The molecular weight excluding hydrogens is 1250 g/mol. The van der Waals surface area contributed by atoms with E-state index >= 15 is 0 Å². The first kappa shape index (κ1) is 92.5. The zero-order valence-electron chi connectivity index (χ0n) is 61.6. The Labute approximate surface area is 580 Å². The first-order chi connectivity index (χ1) is 45.7. The first-order valence-electron chi connectivity index (χ1n) is 38.7. The van der Waals surface area contributed by atoms with Crippen molar-refractivity contribution >= 4 is 39.5 Å². The normalized spacial score (nSPS) is 14.2. The van der Waals surface area contributed by atoms with Gasteiger partial charge in [0.05, 0.1) is 26.4 Å². The van der Waals surface area contributed by atoms with Gasteiger partial charge in [-0.2, -0.15) is 0 Å². The van der Waals surface area contributed by atoms with Gasteiger partial charge in [-0.1, -0.05) is 310 Å². The summed E-state index contributed by atoms with van der Waals surface area (Å²) in [6.07, 6.45) is 54.9. The van der Waals surface area contributed by atoms with Gasteiger partial charge in [-0.3, -0.25) is 37.3 Å². The van der Waals surface area contributed by atoms with E-state index in [1.807, 2.05) is 0 Å². The van der Waals surface area contributed by atoms with Crippen molar-refractivity contribution in [3.05, 3.63) is 24.3 Å². The van der Waals surface area contributed by atoms with Crippen LogP contribution in [0.3, 0.4) is 0 Å². The fourth-order valence-electron chi connectivity index (χ4n) is 11.1. The molecule has 0 aliphatic heterocycles. The summed E-state index contributed by atoms with van der Waals surface area (Å²) in [5.74, 6) is 0.113. The van der Waals surface area contributed by atoms with Gasteiger partial charge >= 0.3 is 39.5 Å². The van der Waals surface area contributed by atoms with Gasteiger partial charge in [0.25, 0.3) is 0 Å². The molecule has 0 rings (SSSR count). The van der Waals surface area contributed by atoms with Gasteiger partial charge in [-0.05, 0) is 69.1 Å². The maximum absolute atomic E-state index is 13.1. The highest BCUT2D eigenvalue weighted by Crippen LogP contribution is 2.45. The molecular formula is C76H144O17P2. The second kappa shape index (κ2) is 66.1. The van der Waals surface area contributed by atoms with Gasteiger partial charge in [-0.15, -0.1) is 0 Å². The standard InChI is InChI=1S/C76H144O17P2/c1-8-9-10-11-12-13-14-15-16-19-22-29-36-43-50-57-73(78)86-63-71(92-75(80)59-52-45-38-30-23-20-17-18-21-26-33-40-47-54-67(2)3)65-90-94(82,83)88-61-70(77)62-89-95(84,85)91-66-72(93-76(81)60-53-46-39-32-25-28-35-42-49-56-69(6)7)64-87-74(79)58-51-44-37-31-24-27-34-41-48-55-68(4)5/h13-16,67-72,77H,8-12,17-66H2,1-7H3,(H,82,83)(H,84,85)/b14-13-,16-15-/t70-,71-,72-/m1/s1. The maximum Gasteiger partial charge on any atom is 0.472 e. The van der Waals surface area contributed by atoms with Crippen molar-refractivity contribution in [3.63, 3.8) is 0 Å². The van der Waals surface area contributed by atoms with Crippen LogP contribution in [0.15, 0.2) is 24.3 Å². The number of phosphoric ester groups is 2. The molecule has 3 N–H and O–H groups in total. The Morgan fingerprint density at radius 3 is 0.853 bits per heavy atom. The molecule has 0 heterocycles. The fraction of sp³-hybridized carbons (Fsp3) is 0.895. The van der Waals surface area contributed by atoms with Gasteiger partial charge < -0.3 is 33.8 Å². The second-order valence-electron chi connectivity index (χ2n) is 28.1. The molecule has 0 saturated carbocycles. The molecule has 0 saturated heterocycles. The SMILES string of the molecule is CCCCCC/C=C\C=C/CCCCCCCC(=O)OC[C@H](COP(=O)(O)OC[C@@H](O)COP(=O)(O)OC[C@@H](COC(=O)CCCCCCCCCCCC(C)C)OC(=O)CCCCCCCCCCCC(C)C)OC(=O)CCCCCCCCCCCCCCCC(C)C. The highest BCUT2D eigenvalue weighted by molar-refractivity contribution is 7.47. The number of aliphatic hydroxyl groups excluding tert-OH is 1. The van der Waals surface area contributed by atoms with Crippen LogP contribution in [0.5, 0.6) is 0 Å². The Morgan fingerprint density at radius 2 is 0.568 bits per heavy atom. The average Bonchev–Trinajstić information content (AvgIpc) is 1.42. The van der Waals surface area contributed by atoms with Gasteiger partial charge in [0.1, 0.15) is 19.3 Å². The zero-order chi connectivity index (χ0) is 70.1.